The number of nitrogens with two attached hydrogens (primary N) is 1. The topological polar surface area (TPSA) is 110 Å². The van der Waals surface area contributed by atoms with Gasteiger partial charge in [0.25, 0.3) is 5.91 Å². The lowest BCUT2D eigenvalue weighted by molar-refractivity contribution is -0.187. The van der Waals surface area contributed by atoms with E-state index in [0.717, 1.165) is 35.7 Å². The number of alkyl halides is 3. The first-order chi connectivity index (χ1) is 19.8. The van der Waals surface area contributed by atoms with E-state index in [4.69, 9.17) is 10.5 Å². The van der Waals surface area contributed by atoms with Crippen LogP contribution in [-0.4, -0.2) is 52.4 Å². The highest BCUT2D eigenvalue weighted by Crippen LogP contribution is 2.46. The van der Waals surface area contributed by atoms with Crippen LogP contribution >= 0.6 is 0 Å². The number of nitrogens with zero attached hydrogens (tertiary/aromatic N) is 2. The molecule has 2 N–H and O–H groups in total. The van der Waals surface area contributed by atoms with Crippen molar-refractivity contribution in [2.45, 2.75) is 44.1 Å². The van der Waals surface area contributed by atoms with E-state index in [1.807, 2.05) is 6.07 Å². The maximum absolute atomic E-state index is 13.7. The molecule has 3 aromatic rings. The zero-order chi connectivity index (χ0) is 30.4. The molecular weight excluding hydrogens is 558 g/mol. The molecule has 218 valence electrons. The highest BCUT2D eigenvalue weighted by Gasteiger charge is 2.58. The summed E-state index contributed by atoms with van der Waals surface area (Å²) >= 11 is 0. The predicted molar refractivity (Wildman–Crippen MR) is 141 cm³/mol. The number of benzene rings is 3. The standard InChI is InChI=1S/C30H25F4N3O5/c1-17(30(32,33)34)36(15-18-2-9-23(31)10-3-18)25(38)16-37-27(40)29(42-28(37)41)13-12-22-14-21(8-11-24(22)29)19-4-6-20(7-5-19)26(35)39/h2-11,14,17H,12-13,15-16H2,1H3,(H2,35,39)/t17-,29+/m0/s1. The van der Waals surface area contributed by atoms with Crippen molar-refractivity contribution in [3.8, 4) is 11.1 Å². The van der Waals surface area contributed by atoms with E-state index >= 15 is 0 Å². The van der Waals surface area contributed by atoms with E-state index in [2.05, 4.69) is 0 Å². The van der Waals surface area contributed by atoms with E-state index in [9.17, 15) is 36.7 Å². The molecule has 0 unspecified atom stereocenters. The minimum atomic E-state index is -4.80. The summed E-state index contributed by atoms with van der Waals surface area (Å²) in [5.74, 6) is -3.12. The zero-order valence-corrected chi connectivity index (χ0v) is 22.3. The van der Waals surface area contributed by atoms with Crippen molar-refractivity contribution in [1.29, 1.82) is 0 Å². The number of primary amides is 1. The Morgan fingerprint density at radius 3 is 2.29 bits per heavy atom. The average Bonchev–Trinajstić information content (AvgIpc) is 3.43. The van der Waals surface area contributed by atoms with E-state index in [1.165, 1.54) is 12.1 Å². The van der Waals surface area contributed by atoms with Crippen molar-refractivity contribution in [3.63, 3.8) is 0 Å². The fraction of sp³-hybridized carbons (Fsp3) is 0.267. The average molecular weight is 584 g/mol. The van der Waals surface area contributed by atoms with Gasteiger partial charge >= 0.3 is 12.3 Å². The lowest BCUT2D eigenvalue weighted by Crippen LogP contribution is -2.51. The first-order valence-electron chi connectivity index (χ1n) is 13.0. The van der Waals surface area contributed by atoms with Gasteiger partial charge in [-0.2, -0.15) is 13.2 Å². The molecule has 0 aromatic heterocycles. The molecule has 42 heavy (non-hydrogen) atoms. The molecule has 5 rings (SSSR count). The molecule has 2 atom stereocenters. The third kappa shape index (κ3) is 5.19. The first kappa shape index (κ1) is 28.8. The Morgan fingerprint density at radius 2 is 1.67 bits per heavy atom. The SMILES string of the molecule is C[C@H](N(Cc1ccc(F)cc1)C(=O)CN1C(=O)O[C@@]2(CCc3cc(-c4ccc(C(N)=O)cc4)ccc32)C1=O)C(F)(F)F. The van der Waals surface area contributed by atoms with Gasteiger partial charge in [-0.15, -0.1) is 0 Å². The number of halogens is 4. The van der Waals surface area contributed by atoms with Gasteiger partial charge in [0, 0.05) is 24.1 Å². The van der Waals surface area contributed by atoms with Crippen molar-refractivity contribution < 1.29 is 41.5 Å². The van der Waals surface area contributed by atoms with Crippen LogP contribution in [0.15, 0.2) is 66.7 Å². The molecule has 0 radical (unpaired) electrons. The molecule has 4 amide bonds. The van der Waals surface area contributed by atoms with Crippen LogP contribution in [-0.2, 0) is 32.9 Å². The number of carbonyl (C=O) groups excluding carboxylic acids is 4. The number of rotatable bonds is 7. The third-order valence-electron chi connectivity index (χ3n) is 7.68. The molecule has 12 heteroatoms. The molecule has 0 saturated carbocycles. The number of fused-ring (bicyclic) bond motifs is 2. The van der Waals surface area contributed by atoms with Crippen LogP contribution in [0.3, 0.4) is 0 Å². The Bertz CT molecular complexity index is 1570. The number of aryl methyl sites for hydroxylation is 1. The Hall–Kier alpha value is -4.74. The van der Waals surface area contributed by atoms with Crippen LogP contribution in [0.2, 0.25) is 0 Å². The molecular formula is C30H25F4N3O5. The smallest absolute Gasteiger partial charge is 0.418 e. The molecule has 1 heterocycles. The Balaban J connectivity index is 1.38. The van der Waals surface area contributed by atoms with Crippen LogP contribution in [0, 0.1) is 5.82 Å². The fourth-order valence-corrected chi connectivity index (χ4v) is 5.29. The molecule has 1 aliphatic carbocycles. The van der Waals surface area contributed by atoms with Crippen LogP contribution in [0.25, 0.3) is 11.1 Å². The Kier molecular flexibility index (Phi) is 7.25. The highest BCUT2D eigenvalue weighted by molar-refractivity contribution is 6.06. The molecule has 2 aliphatic rings. The molecule has 1 spiro atoms. The van der Waals surface area contributed by atoms with Gasteiger partial charge in [0.1, 0.15) is 18.4 Å². The van der Waals surface area contributed by atoms with E-state index in [0.29, 0.717) is 27.3 Å². The predicted octanol–water partition coefficient (Wildman–Crippen LogP) is 4.69. The minimum absolute atomic E-state index is 0.0971. The minimum Gasteiger partial charge on any atom is -0.427 e. The number of carbonyl (C=O) groups is 4. The molecule has 0 bridgehead atoms. The van der Waals surface area contributed by atoms with Gasteiger partial charge < -0.3 is 15.4 Å². The Morgan fingerprint density at radius 1 is 1.02 bits per heavy atom. The first-order valence-corrected chi connectivity index (χ1v) is 13.0. The number of imide groups is 1. The normalized spacial score (nSPS) is 18.6. The number of ether oxygens (including phenoxy) is 1. The maximum atomic E-state index is 13.7. The van der Waals surface area contributed by atoms with Gasteiger partial charge in [-0.1, -0.05) is 42.5 Å². The second-order valence-corrected chi connectivity index (χ2v) is 10.3. The summed E-state index contributed by atoms with van der Waals surface area (Å²) < 4.78 is 59.8. The second kappa shape index (κ2) is 10.6. The summed E-state index contributed by atoms with van der Waals surface area (Å²) in [6, 6.07) is 14.2. The summed E-state index contributed by atoms with van der Waals surface area (Å²) in [7, 11) is 0. The summed E-state index contributed by atoms with van der Waals surface area (Å²) in [5, 5.41) is 0. The van der Waals surface area contributed by atoms with Crippen LogP contribution < -0.4 is 5.73 Å². The molecule has 1 fully saturated rings. The quantitative estimate of drug-likeness (QED) is 0.406. The lowest BCUT2D eigenvalue weighted by atomic mass is 9.92. The molecule has 3 aromatic carbocycles. The van der Waals surface area contributed by atoms with E-state index in [1.54, 1.807) is 36.4 Å². The molecule has 1 aliphatic heterocycles. The molecule has 1 saturated heterocycles. The van der Waals surface area contributed by atoms with Gasteiger partial charge in [-0.3, -0.25) is 14.4 Å². The second-order valence-electron chi connectivity index (χ2n) is 10.3. The fourth-order valence-electron chi connectivity index (χ4n) is 5.29. The van der Waals surface area contributed by atoms with Gasteiger partial charge in [0.15, 0.2) is 0 Å². The third-order valence-corrected chi connectivity index (χ3v) is 7.68. The Labute approximate surface area is 237 Å². The van der Waals surface area contributed by atoms with Gasteiger partial charge in [-0.25, -0.2) is 14.1 Å². The maximum Gasteiger partial charge on any atom is 0.418 e. The summed E-state index contributed by atoms with van der Waals surface area (Å²) in [6.07, 6.45) is -5.46. The van der Waals surface area contributed by atoms with E-state index < -0.39 is 60.5 Å². The number of hydrogen-bond donors (Lipinski definition) is 1. The van der Waals surface area contributed by atoms with Gasteiger partial charge in [-0.05, 0) is 59.9 Å². The monoisotopic (exact) mass is 583 g/mol. The number of hydrogen-bond acceptors (Lipinski definition) is 5. The van der Waals surface area contributed by atoms with E-state index in [-0.39, 0.29) is 12.0 Å². The van der Waals surface area contributed by atoms with Crippen molar-refractivity contribution >= 4 is 23.8 Å². The molecule has 8 nitrogen and oxygen atoms in total. The van der Waals surface area contributed by atoms with Crippen molar-refractivity contribution in [1.82, 2.24) is 9.80 Å². The van der Waals surface area contributed by atoms with Crippen molar-refractivity contribution in [2.24, 2.45) is 5.73 Å². The van der Waals surface area contributed by atoms with Crippen molar-refractivity contribution in [2.75, 3.05) is 6.54 Å². The van der Waals surface area contributed by atoms with Crippen LogP contribution in [0.4, 0.5) is 22.4 Å². The van der Waals surface area contributed by atoms with Gasteiger partial charge in [0.05, 0.1) is 0 Å². The van der Waals surface area contributed by atoms with Crippen molar-refractivity contribution in [3.05, 3.63) is 94.8 Å². The van der Waals surface area contributed by atoms with Crippen LogP contribution in [0.1, 0.15) is 40.4 Å². The largest absolute Gasteiger partial charge is 0.427 e. The highest BCUT2D eigenvalue weighted by atomic mass is 19.4. The summed E-state index contributed by atoms with van der Waals surface area (Å²) in [5.41, 5.74) is 6.90. The summed E-state index contributed by atoms with van der Waals surface area (Å²) in [6.45, 7) is -0.687. The van der Waals surface area contributed by atoms with Crippen LogP contribution in [0.5, 0.6) is 0 Å². The zero-order valence-electron chi connectivity index (χ0n) is 22.3. The summed E-state index contributed by atoms with van der Waals surface area (Å²) in [4.78, 5) is 52.0. The lowest BCUT2D eigenvalue weighted by Gasteiger charge is -2.31. The van der Waals surface area contributed by atoms with Gasteiger partial charge in [0.2, 0.25) is 17.4 Å². The number of amides is 4.